The van der Waals surface area contributed by atoms with Crippen LogP contribution >= 0.6 is 11.3 Å². The van der Waals surface area contributed by atoms with Gasteiger partial charge in [-0.1, -0.05) is 19.1 Å². The minimum Gasteiger partial charge on any atom is -0.486 e. The number of piperidine rings is 1. The van der Waals surface area contributed by atoms with Gasteiger partial charge in [-0.05, 0) is 50.3 Å². The normalized spacial score (nSPS) is 18.7. The molecule has 32 heavy (non-hydrogen) atoms. The summed E-state index contributed by atoms with van der Waals surface area (Å²) in [7, 11) is 0. The molecule has 1 N–H and O–H groups in total. The minimum absolute atomic E-state index is 0.108. The number of aryl methyl sites for hydroxylation is 2. The molecule has 0 bridgehead atoms. The smallest absolute Gasteiger partial charge is 0.261 e. The number of benzene rings is 1. The predicted octanol–water partition coefficient (Wildman–Crippen LogP) is 4.11. The molecule has 8 heteroatoms. The Kier molecular flexibility index (Phi) is 5.63. The van der Waals surface area contributed by atoms with Crippen LogP contribution in [-0.4, -0.2) is 48.2 Å². The molecular weight excluding hydrogens is 424 g/mol. The second-order valence-electron chi connectivity index (χ2n) is 8.71. The fraction of sp³-hybridized carbons (Fsp3) is 0.458. The number of fused-ring (bicyclic) bond motifs is 2. The van der Waals surface area contributed by atoms with Gasteiger partial charge in [-0.3, -0.25) is 4.79 Å². The quantitative estimate of drug-likeness (QED) is 0.642. The lowest BCUT2D eigenvalue weighted by molar-refractivity contribution is 0.0791. The van der Waals surface area contributed by atoms with Gasteiger partial charge in [-0.2, -0.15) is 0 Å². The molecule has 1 unspecified atom stereocenters. The molecule has 0 saturated carbocycles. The molecule has 2 aliphatic heterocycles. The highest BCUT2D eigenvalue weighted by Gasteiger charge is 2.26. The summed E-state index contributed by atoms with van der Waals surface area (Å²) >= 11 is 1.44. The third-order valence-electron chi connectivity index (χ3n) is 6.23. The van der Waals surface area contributed by atoms with E-state index in [-0.39, 0.29) is 12.0 Å². The van der Waals surface area contributed by atoms with Gasteiger partial charge in [0.05, 0.1) is 16.8 Å². The van der Waals surface area contributed by atoms with Crippen molar-refractivity contribution in [3.8, 4) is 11.5 Å². The van der Waals surface area contributed by atoms with E-state index in [0.717, 1.165) is 65.0 Å². The molecule has 1 fully saturated rings. The zero-order valence-corrected chi connectivity index (χ0v) is 19.5. The van der Waals surface area contributed by atoms with E-state index in [1.54, 1.807) is 0 Å². The highest BCUT2D eigenvalue weighted by Crippen LogP contribution is 2.37. The van der Waals surface area contributed by atoms with Gasteiger partial charge in [0.25, 0.3) is 5.91 Å². The molecule has 5 rings (SSSR count). The number of anilines is 1. The lowest BCUT2D eigenvalue weighted by Crippen LogP contribution is -2.40. The molecule has 4 heterocycles. The van der Waals surface area contributed by atoms with Gasteiger partial charge >= 0.3 is 0 Å². The summed E-state index contributed by atoms with van der Waals surface area (Å²) in [5.41, 5.74) is 0.947. The Labute approximate surface area is 191 Å². The monoisotopic (exact) mass is 452 g/mol. The number of aromatic nitrogens is 2. The zero-order chi connectivity index (χ0) is 22.2. The van der Waals surface area contributed by atoms with Crippen LogP contribution in [0.3, 0.4) is 0 Å². The number of nitrogens with one attached hydrogen (secondary N) is 1. The molecule has 1 amide bonds. The van der Waals surface area contributed by atoms with E-state index in [0.29, 0.717) is 23.8 Å². The summed E-state index contributed by atoms with van der Waals surface area (Å²) in [4.78, 5) is 26.4. The summed E-state index contributed by atoms with van der Waals surface area (Å²) in [6, 6.07) is 7.59. The molecule has 0 aliphatic carbocycles. The number of rotatable bonds is 4. The SMILES string of the molecule is Cc1nc(N2CCC(C)CC2)c2c(C)c(C(=O)NCC3COc4ccccc4O3)sc2n1. The maximum Gasteiger partial charge on any atom is 0.261 e. The molecule has 1 atom stereocenters. The molecule has 3 aromatic rings. The highest BCUT2D eigenvalue weighted by molar-refractivity contribution is 7.20. The fourth-order valence-corrected chi connectivity index (χ4v) is 5.48. The first-order valence-corrected chi connectivity index (χ1v) is 12.0. The van der Waals surface area contributed by atoms with Gasteiger partial charge in [0.1, 0.15) is 29.2 Å². The van der Waals surface area contributed by atoms with Crippen molar-refractivity contribution >= 4 is 33.3 Å². The number of hydrogen-bond acceptors (Lipinski definition) is 7. The molecule has 2 aliphatic rings. The lowest BCUT2D eigenvalue weighted by Gasteiger charge is -2.31. The van der Waals surface area contributed by atoms with Crippen LogP contribution in [0.1, 0.15) is 40.8 Å². The zero-order valence-electron chi connectivity index (χ0n) is 18.7. The Morgan fingerprint density at radius 2 is 1.94 bits per heavy atom. The lowest BCUT2D eigenvalue weighted by atomic mass is 9.99. The second-order valence-corrected chi connectivity index (χ2v) is 9.71. The molecule has 0 radical (unpaired) electrons. The van der Waals surface area contributed by atoms with Crippen LogP contribution in [0.25, 0.3) is 10.2 Å². The van der Waals surface area contributed by atoms with Gasteiger partial charge in [-0.15, -0.1) is 11.3 Å². The first-order valence-electron chi connectivity index (χ1n) is 11.2. The van der Waals surface area contributed by atoms with E-state index in [1.807, 2.05) is 38.1 Å². The molecule has 0 spiro atoms. The van der Waals surface area contributed by atoms with Crippen LogP contribution in [0.2, 0.25) is 0 Å². The van der Waals surface area contributed by atoms with Crippen molar-refractivity contribution in [3.05, 3.63) is 40.5 Å². The van der Waals surface area contributed by atoms with Gasteiger partial charge in [0.2, 0.25) is 0 Å². The van der Waals surface area contributed by atoms with Crippen molar-refractivity contribution < 1.29 is 14.3 Å². The second kappa shape index (κ2) is 8.58. The Bertz CT molecular complexity index is 1150. The molecule has 168 valence electrons. The Morgan fingerprint density at radius 1 is 1.19 bits per heavy atom. The number of ether oxygens (including phenoxy) is 2. The number of carbonyl (C=O) groups excluding carboxylic acids is 1. The largest absolute Gasteiger partial charge is 0.486 e. The van der Waals surface area contributed by atoms with E-state index in [1.165, 1.54) is 11.3 Å². The van der Waals surface area contributed by atoms with E-state index < -0.39 is 0 Å². The maximum absolute atomic E-state index is 13.1. The van der Waals surface area contributed by atoms with Crippen LogP contribution in [0.4, 0.5) is 5.82 Å². The molecule has 2 aromatic heterocycles. The van der Waals surface area contributed by atoms with Gasteiger partial charge in [0.15, 0.2) is 11.5 Å². The number of hydrogen-bond donors (Lipinski definition) is 1. The highest BCUT2D eigenvalue weighted by atomic mass is 32.1. The summed E-state index contributed by atoms with van der Waals surface area (Å²) in [6.45, 7) is 8.99. The minimum atomic E-state index is -0.225. The van der Waals surface area contributed by atoms with Gasteiger partial charge < -0.3 is 19.7 Å². The van der Waals surface area contributed by atoms with Gasteiger partial charge in [0, 0.05) is 13.1 Å². The van der Waals surface area contributed by atoms with Crippen LogP contribution in [0, 0.1) is 19.8 Å². The van der Waals surface area contributed by atoms with Crippen molar-refractivity contribution in [1.29, 1.82) is 0 Å². The first kappa shape index (κ1) is 21.0. The maximum atomic E-state index is 13.1. The summed E-state index contributed by atoms with van der Waals surface area (Å²) in [5, 5.41) is 4.03. The van der Waals surface area contributed by atoms with Crippen molar-refractivity contribution in [2.45, 2.75) is 39.7 Å². The van der Waals surface area contributed by atoms with Gasteiger partial charge in [-0.25, -0.2) is 9.97 Å². The molecular formula is C24H28N4O3S. The number of carbonyl (C=O) groups is 1. The van der Waals surface area contributed by atoms with Crippen molar-refractivity contribution in [1.82, 2.24) is 15.3 Å². The number of nitrogens with zero attached hydrogens (tertiary/aromatic N) is 3. The number of amides is 1. The Balaban J connectivity index is 1.34. The average molecular weight is 453 g/mol. The predicted molar refractivity (Wildman–Crippen MR) is 126 cm³/mol. The van der Waals surface area contributed by atoms with E-state index in [4.69, 9.17) is 14.5 Å². The third-order valence-corrected chi connectivity index (χ3v) is 7.41. The van der Waals surface area contributed by atoms with Crippen LogP contribution in [0.15, 0.2) is 24.3 Å². The van der Waals surface area contributed by atoms with E-state index in [2.05, 4.69) is 22.1 Å². The first-order chi connectivity index (χ1) is 15.5. The molecule has 1 saturated heterocycles. The van der Waals surface area contributed by atoms with Crippen molar-refractivity contribution in [3.63, 3.8) is 0 Å². The van der Waals surface area contributed by atoms with Crippen LogP contribution in [0.5, 0.6) is 11.5 Å². The number of thiophene rings is 1. The van der Waals surface area contributed by atoms with Crippen molar-refractivity contribution in [2.75, 3.05) is 31.1 Å². The van der Waals surface area contributed by atoms with Crippen molar-refractivity contribution in [2.24, 2.45) is 5.92 Å². The Hall–Kier alpha value is -2.87. The third kappa shape index (κ3) is 3.99. The van der Waals surface area contributed by atoms with E-state index >= 15 is 0 Å². The topological polar surface area (TPSA) is 76.6 Å². The average Bonchev–Trinajstić information content (AvgIpc) is 3.13. The summed E-state index contributed by atoms with van der Waals surface area (Å²) < 4.78 is 11.7. The number of para-hydroxylation sites is 2. The standard InChI is InChI=1S/C24H28N4O3S/c1-14-8-10-28(11-9-14)22-20-15(2)21(32-24(20)27-16(3)26-22)23(29)25-12-17-13-30-18-6-4-5-7-19(18)31-17/h4-7,14,17H,8-13H2,1-3H3,(H,25,29). The fourth-order valence-electron chi connectivity index (χ4n) is 4.34. The summed E-state index contributed by atoms with van der Waals surface area (Å²) in [6.07, 6.45) is 2.10. The van der Waals surface area contributed by atoms with E-state index in [9.17, 15) is 4.79 Å². The summed E-state index contributed by atoms with van der Waals surface area (Å²) in [5.74, 6) is 3.79. The molecule has 1 aromatic carbocycles. The van der Waals surface area contributed by atoms with Crippen LogP contribution < -0.4 is 19.7 Å². The molecule has 7 nitrogen and oxygen atoms in total. The Morgan fingerprint density at radius 3 is 2.72 bits per heavy atom. The van der Waals surface area contributed by atoms with Crippen LogP contribution in [-0.2, 0) is 0 Å².